The Morgan fingerprint density at radius 3 is 2.85 bits per heavy atom. The first-order valence-corrected chi connectivity index (χ1v) is 9.93. The molecule has 5 nitrogen and oxygen atoms in total. The van der Waals surface area contributed by atoms with E-state index in [0.717, 1.165) is 63.3 Å². The molecule has 4 rings (SSSR count). The molecule has 5 heteroatoms. The number of fused-ring (bicyclic) bond motifs is 1. The van der Waals surface area contributed by atoms with Crippen molar-refractivity contribution in [3.05, 3.63) is 58.8 Å². The normalized spacial score (nSPS) is 19.3. The van der Waals surface area contributed by atoms with E-state index in [0.29, 0.717) is 11.6 Å². The predicted molar refractivity (Wildman–Crippen MR) is 108 cm³/mol. The van der Waals surface area contributed by atoms with Crippen LogP contribution in [0.4, 0.5) is 5.82 Å². The molecule has 2 N–H and O–H groups in total. The first kappa shape index (κ1) is 18.0. The van der Waals surface area contributed by atoms with Gasteiger partial charge in [0.25, 0.3) is 5.91 Å². The molecule has 2 heterocycles. The molecule has 1 aliphatic heterocycles. The summed E-state index contributed by atoms with van der Waals surface area (Å²) in [5, 5.41) is 0. The number of hydrogen-bond acceptors (Lipinski definition) is 4. The van der Waals surface area contributed by atoms with Crippen LogP contribution >= 0.6 is 0 Å². The van der Waals surface area contributed by atoms with Crippen molar-refractivity contribution in [3.8, 4) is 0 Å². The van der Waals surface area contributed by atoms with Crippen LogP contribution in [-0.4, -0.2) is 42.0 Å². The third-order valence-electron chi connectivity index (χ3n) is 5.89. The molecule has 1 saturated heterocycles. The molecule has 1 amide bonds. The number of nitrogens with zero attached hydrogens (tertiary/aromatic N) is 3. The van der Waals surface area contributed by atoms with Crippen LogP contribution in [0.25, 0.3) is 0 Å². The van der Waals surface area contributed by atoms with Crippen LogP contribution in [0.2, 0.25) is 0 Å². The van der Waals surface area contributed by atoms with Crippen LogP contribution in [-0.2, 0) is 19.4 Å². The van der Waals surface area contributed by atoms with Gasteiger partial charge in [0.1, 0.15) is 5.82 Å². The maximum Gasteiger partial charge on any atom is 0.252 e. The monoisotopic (exact) mass is 364 g/mol. The lowest BCUT2D eigenvalue weighted by Gasteiger charge is -2.39. The smallest absolute Gasteiger partial charge is 0.252 e. The number of pyridine rings is 1. The summed E-state index contributed by atoms with van der Waals surface area (Å²) in [5.41, 5.74) is 9.95. The van der Waals surface area contributed by atoms with Crippen molar-refractivity contribution in [1.29, 1.82) is 0 Å². The van der Waals surface area contributed by atoms with Gasteiger partial charge in [-0.3, -0.25) is 9.69 Å². The second-order valence-corrected chi connectivity index (χ2v) is 7.83. The number of aryl methyl sites for hydroxylation is 2. The molecule has 0 unspecified atom stereocenters. The molecule has 0 radical (unpaired) electrons. The second-order valence-electron chi connectivity index (χ2n) is 7.83. The molecule has 1 aromatic heterocycles. The van der Waals surface area contributed by atoms with Gasteiger partial charge < -0.3 is 10.6 Å². The topological polar surface area (TPSA) is 62.5 Å². The summed E-state index contributed by atoms with van der Waals surface area (Å²) in [6.45, 7) is 2.75. The highest BCUT2D eigenvalue weighted by molar-refractivity contribution is 5.98. The van der Waals surface area contributed by atoms with E-state index < -0.39 is 0 Å². The van der Waals surface area contributed by atoms with Gasteiger partial charge in [0.05, 0.1) is 5.56 Å². The van der Waals surface area contributed by atoms with Crippen molar-refractivity contribution in [3.63, 3.8) is 0 Å². The molecule has 0 spiro atoms. The van der Waals surface area contributed by atoms with E-state index >= 15 is 0 Å². The Kier molecular flexibility index (Phi) is 5.12. The summed E-state index contributed by atoms with van der Waals surface area (Å²) in [6, 6.07) is 13.0. The van der Waals surface area contributed by atoms with Gasteiger partial charge in [-0.15, -0.1) is 0 Å². The lowest BCUT2D eigenvalue weighted by molar-refractivity contribution is 0.1000. The molecular weight excluding hydrogens is 336 g/mol. The van der Waals surface area contributed by atoms with Gasteiger partial charge in [-0.2, -0.15) is 0 Å². The number of hydrogen-bond donors (Lipinski definition) is 1. The predicted octanol–water partition coefficient (Wildman–Crippen LogP) is 2.77. The number of benzene rings is 1. The molecule has 2 aromatic rings. The quantitative estimate of drug-likeness (QED) is 0.886. The van der Waals surface area contributed by atoms with Crippen molar-refractivity contribution in [2.45, 2.75) is 44.7 Å². The standard InChI is InChI=1S/C22H28N4O/c1-25(14-16-7-3-2-4-8-16)18-10-6-12-26(15-18)22-19(21(23)27)13-17-9-5-11-20(17)24-22/h2-4,7-8,13,18H,5-6,9-12,14-15H2,1H3,(H2,23,27)/t18-/m1/s1. The molecular formula is C22H28N4O. The largest absolute Gasteiger partial charge is 0.365 e. The molecule has 2 aliphatic rings. The summed E-state index contributed by atoms with van der Waals surface area (Å²) in [6.07, 6.45) is 5.39. The van der Waals surface area contributed by atoms with Gasteiger partial charge in [-0.25, -0.2) is 4.98 Å². The fraction of sp³-hybridized carbons (Fsp3) is 0.455. The van der Waals surface area contributed by atoms with Crippen molar-refractivity contribution in [2.24, 2.45) is 5.73 Å². The third-order valence-corrected chi connectivity index (χ3v) is 5.89. The van der Waals surface area contributed by atoms with Gasteiger partial charge in [0.15, 0.2) is 0 Å². The molecule has 1 aromatic carbocycles. The average molecular weight is 364 g/mol. The lowest BCUT2D eigenvalue weighted by Crippen LogP contribution is -2.47. The van der Waals surface area contributed by atoms with Gasteiger partial charge in [-0.1, -0.05) is 30.3 Å². The number of likely N-dealkylation sites (N-methyl/N-ethyl adjacent to an activating group) is 1. The van der Waals surface area contributed by atoms with Crippen LogP contribution in [0, 0.1) is 0 Å². The van der Waals surface area contributed by atoms with E-state index in [1.54, 1.807) is 0 Å². The summed E-state index contributed by atoms with van der Waals surface area (Å²) in [5.74, 6) is 0.424. The van der Waals surface area contributed by atoms with Crippen LogP contribution in [0.1, 0.15) is 46.4 Å². The van der Waals surface area contributed by atoms with Crippen LogP contribution < -0.4 is 10.6 Å². The molecule has 0 bridgehead atoms. The summed E-state index contributed by atoms with van der Waals surface area (Å²) in [4.78, 5) is 21.6. The van der Waals surface area contributed by atoms with Crippen LogP contribution in [0.15, 0.2) is 36.4 Å². The Morgan fingerprint density at radius 1 is 1.26 bits per heavy atom. The first-order valence-electron chi connectivity index (χ1n) is 9.93. The Labute approximate surface area is 161 Å². The first-order chi connectivity index (χ1) is 13.1. The Morgan fingerprint density at radius 2 is 2.07 bits per heavy atom. The van der Waals surface area contributed by atoms with Crippen LogP contribution in [0.3, 0.4) is 0 Å². The van der Waals surface area contributed by atoms with Crippen molar-refractivity contribution >= 4 is 11.7 Å². The van der Waals surface area contributed by atoms with Gasteiger partial charge in [-0.05, 0) is 56.3 Å². The highest BCUT2D eigenvalue weighted by atomic mass is 16.1. The van der Waals surface area contributed by atoms with Gasteiger partial charge in [0, 0.05) is 31.4 Å². The van der Waals surface area contributed by atoms with Crippen molar-refractivity contribution in [1.82, 2.24) is 9.88 Å². The van der Waals surface area contributed by atoms with Gasteiger partial charge >= 0.3 is 0 Å². The Bertz CT molecular complexity index is 821. The van der Waals surface area contributed by atoms with E-state index in [9.17, 15) is 4.79 Å². The molecule has 0 saturated carbocycles. The SMILES string of the molecule is CN(Cc1ccccc1)[C@@H]1CCCN(c2nc3c(cc2C(N)=O)CCC3)C1. The number of piperidine rings is 1. The number of carbonyl (C=O) groups is 1. The zero-order valence-corrected chi connectivity index (χ0v) is 16.0. The number of amides is 1. The van der Waals surface area contributed by atoms with Crippen molar-refractivity contribution < 1.29 is 4.79 Å². The maximum atomic E-state index is 12.1. The maximum absolute atomic E-state index is 12.1. The van der Waals surface area contributed by atoms with E-state index in [2.05, 4.69) is 47.2 Å². The third kappa shape index (κ3) is 3.83. The van der Waals surface area contributed by atoms with E-state index in [1.807, 2.05) is 6.07 Å². The zero-order valence-electron chi connectivity index (χ0n) is 16.0. The Hall–Kier alpha value is -2.40. The lowest BCUT2D eigenvalue weighted by atomic mass is 10.0. The fourth-order valence-corrected chi connectivity index (χ4v) is 4.39. The minimum Gasteiger partial charge on any atom is -0.365 e. The number of primary amides is 1. The summed E-state index contributed by atoms with van der Waals surface area (Å²) < 4.78 is 0. The van der Waals surface area contributed by atoms with Gasteiger partial charge in [0.2, 0.25) is 0 Å². The minimum absolute atomic E-state index is 0.369. The Balaban J connectivity index is 1.54. The van der Waals surface area contributed by atoms with Crippen molar-refractivity contribution in [2.75, 3.05) is 25.0 Å². The molecule has 1 aliphatic carbocycles. The highest BCUT2D eigenvalue weighted by Gasteiger charge is 2.28. The number of aromatic nitrogens is 1. The number of nitrogens with two attached hydrogens (primary N) is 1. The molecule has 142 valence electrons. The van der Waals surface area contributed by atoms with Crippen LogP contribution in [0.5, 0.6) is 0 Å². The molecule has 1 fully saturated rings. The number of rotatable bonds is 5. The summed E-state index contributed by atoms with van der Waals surface area (Å²) in [7, 11) is 2.19. The molecule has 1 atom stereocenters. The number of carbonyl (C=O) groups excluding carboxylic acids is 1. The second kappa shape index (κ2) is 7.69. The van der Waals surface area contributed by atoms with E-state index in [-0.39, 0.29) is 5.91 Å². The minimum atomic E-state index is -0.369. The van der Waals surface area contributed by atoms with E-state index in [4.69, 9.17) is 10.7 Å². The zero-order chi connectivity index (χ0) is 18.8. The average Bonchev–Trinajstić information content (AvgIpc) is 3.15. The summed E-state index contributed by atoms with van der Waals surface area (Å²) >= 11 is 0. The fourth-order valence-electron chi connectivity index (χ4n) is 4.39. The number of anilines is 1. The molecule has 27 heavy (non-hydrogen) atoms. The van der Waals surface area contributed by atoms with E-state index in [1.165, 1.54) is 11.1 Å². The highest BCUT2D eigenvalue weighted by Crippen LogP contribution is 2.29.